The summed E-state index contributed by atoms with van der Waals surface area (Å²) in [5.74, 6) is -0.730. The molecular weight excluding hydrogens is 270 g/mol. The zero-order valence-electron chi connectivity index (χ0n) is 11.1. The summed E-state index contributed by atoms with van der Waals surface area (Å²) in [6.45, 7) is 2.43. The summed E-state index contributed by atoms with van der Waals surface area (Å²) in [5, 5.41) is 22.0. The van der Waals surface area contributed by atoms with Gasteiger partial charge < -0.3 is 20.4 Å². The molecule has 0 aromatic carbocycles. The van der Waals surface area contributed by atoms with Gasteiger partial charge in [-0.2, -0.15) is 0 Å². The Morgan fingerprint density at radius 1 is 1.58 bits per heavy atom. The second-order valence-electron chi connectivity index (χ2n) is 4.95. The molecule has 7 heteroatoms. The zero-order valence-corrected chi connectivity index (χ0v) is 11.9. The number of hydrogen-bond acceptors (Lipinski definition) is 5. The van der Waals surface area contributed by atoms with Crippen molar-refractivity contribution in [3.63, 3.8) is 0 Å². The van der Waals surface area contributed by atoms with E-state index in [4.69, 9.17) is 16.7 Å². The molecular formula is C12H18ClN3O3. The first kappa shape index (κ1) is 15.7. The number of likely N-dealkylation sites (N-methyl/N-ethyl adjacent to an activating group) is 1. The van der Waals surface area contributed by atoms with E-state index in [0.29, 0.717) is 12.4 Å². The monoisotopic (exact) mass is 287 g/mol. The molecule has 0 spiro atoms. The number of nitrogens with zero attached hydrogens (tertiary/aromatic N) is 2. The van der Waals surface area contributed by atoms with E-state index in [1.807, 2.05) is 19.0 Å². The van der Waals surface area contributed by atoms with Crippen LogP contribution in [0.3, 0.4) is 0 Å². The fraction of sp³-hybridized carbons (Fsp3) is 0.500. The largest absolute Gasteiger partial charge is 0.478 e. The van der Waals surface area contributed by atoms with Gasteiger partial charge in [0.05, 0.1) is 16.2 Å². The van der Waals surface area contributed by atoms with Crippen LogP contribution in [0.5, 0.6) is 0 Å². The van der Waals surface area contributed by atoms with Gasteiger partial charge in [-0.15, -0.1) is 0 Å². The number of aromatic nitrogens is 1. The molecule has 1 aromatic heterocycles. The molecule has 0 saturated heterocycles. The van der Waals surface area contributed by atoms with E-state index in [1.165, 1.54) is 12.3 Å². The highest BCUT2D eigenvalue weighted by atomic mass is 35.5. The molecule has 0 bridgehead atoms. The molecule has 19 heavy (non-hydrogen) atoms. The molecule has 0 aliphatic rings. The molecule has 1 aromatic rings. The lowest BCUT2D eigenvalue weighted by atomic mass is 10.1. The van der Waals surface area contributed by atoms with Crippen LogP contribution >= 0.6 is 11.6 Å². The third-order valence-electron chi connectivity index (χ3n) is 2.38. The Bertz CT molecular complexity index is 464. The van der Waals surface area contributed by atoms with E-state index in [2.05, 4.69) is 10.3 Å². The number of hydrogen-bond donors (Lipinski definition) is 3. The average Bonchev–Trinajstić information content (AvgIpc) is 2.25. The summed E-state index contributed by atoms with van der Waals surface area (Å²) in [4.78, 5) is 16.5. The second-order valence-corrected chi connectivity index (χ2v) is 5.36. The van der Waals surface area contributed by atoms with Crippen molar-refractivity contribution in [3.05, 3.63) is 22.8 Å². The predicted octanol–water partition coefficient (Wildman–Crippen LogP) is 1.16. The van der Waals surface area contributed by atoms with Crippen LogP contribution in [-0.4, -0.2) is 58.9 Å². The van der Waals surface area contributed by atoms with Crippen molar-refractivity contribution < 1.29 is 15.0 Å². The number of aromatic carboxylic acids is 1. The van der Waals surface area contributed by atoms with Gasteiger partial charge in [0, 0.05) is 19.3 Å². The van der Waals surface area contributed by atoms with E-state index in [0.717, 1.165) is 0 Å². The van der Waals surface area contributed by atoms with Gasteiger partial charge in [-0.3, -0.25) is 0 Å². The number of rotatable bonds is 6. The smallest absolute Gasteiger partial charge is 0.337 e. The van der Waals surface area contributed by atoms with Crippen LogP contribution in [0.25, 0.3) is 0 Å². The van der Waals surface area contributed by atoms with Crippen molar-refractivity contribution in [3.8, 4) is 0 Å². The molecule has 1 atom stereocenters. The van der Waals surface area contributed by atoms with Crippen molar-refractivity contribution >= 4 is 23.4 Å². The molecule has 1 rings (SSSR count). The molecule has 106 valence electrons. The number of halogens is 1. The van der Waals surface area contributed by atoms with Crippen molar-refractivity contribution in [1.82, 2.24) is 9.88 Å². The van der Waals surface area contributed by atoms with E-state index in [1.54, 1.807) is 6.92 Å². The molecule has 1 heterocycles. The molecule has 0 radical (unpaired) electrons. The quantitative estimate of drug-likeness (QED) is 0.728. The molecule has 0 aliphatic carbocycles. The fourth-order valence-electron chi connectivity index (χ4n) is 1.70. The SMILES string of the molecule is CN(C)CC(C)(O)CNc1ncc(C(=O)O)cc1Cl. The van der Waals surface area contributed by atoms with Crippen molar-refractivity contribution in [1.29, 1.82) is 0 Å². The maximum Gasteiger partial charge on any atom is 0.337 e. The number of carboxylic acid groups (broad SMARTS) is 1. The first-order valence-electron chi connectivity index (χ1n) is 5.71. The van der Waals surface area contributed by atoms with Gasteiger partial charge in [-0.05, 0) is 27.1 Å². The number of pyridine rings is 1. The third kappa shape index (κ3) is 5.02. The zero-order chi connectivity index (χ0) is 14.6. The van der Waals surface area contributed by atoms with Gasteiger partial charge in [0.15, 0.2) is 0 Å². The maximum absolute atomic E-state index is 10.7. The number of carboxylic acids is 1. The first-order valence-corrected chi connectivity index (χ1v) is 6.09. The molecule has 0 fully saturated rings. The lowest BCUT2D eigenvalue weighted by Crippen LogP contribution is -2.43. The van der Waals surface area contributed by atoms with E-state index < -0.39 is 11.6 Å². The summed E-state index contributed by atoms with van der Waals surface area (Å²) in [7, 11) is 3.72. The lowest BCUT2D eigenvalue weighted by Gasteiger charge is -2.27. The number of carbonyl (C=O) groups is 1. The number of anilines is 1. The Balaban J connectivity index is 2.71. The van der Waals surface area contributed by atoms with Crippen molar-refractivity contribution in [2.24, 2.45) is 0 Å². The summed E-state index contributed by atoms with van der Waals surface area (Å²) < 4.78 is 0. The van der Waals surface area contributed by atoms with Crippen LogP contribution in [0.1, 0.15) is 17.3 Å². The summed E-state index contributed by atoms with van der Waals surface area (Å²) in [5.41, 5.74) is -0.921. The molecule has 0 aliphatic heterocycles. The fourth-order valence-corrected chi connectivity index (χ4v) is 1.93. The lowest BCUT2D eigenvalue weighted by molar-refractivity contribution is 0.0459. The Labute approximate surface area is 117 Å². The molecule has 3 N–H and O–H groups in total. The Kier molecular flexibility index (Phi) is 5.11. The standard InChI is InChI=1S/C12H18ClN3O3/c1-12(19,7-16(2)3)6-15-10-9(13)4-8(5-14-10)11(17)18/h4-5,19H,6-7H2,1-3H3,(H,14,15)(H,17,18). The van der Waals surface area contributed by atoms with Crippen LogP contribution in [0.15, 0.2) is 12.3 Å². The highest BCUT2D eigenvalue weighted by Gasteiger charge is 2.21. The van der Waals surface area contributed by atoms with Crippen molar-refractivity contribution in [2.45, 2.75) is 12.5 Å². The second kappa shape index (κ2) is 6.18. The van der Waals surface area contributed by atoms with Gasteiger partial charge in [0.1, 0.15) is 5.82 Å². The molecule has 1 unspecified atom stereocenters. The Morgan fingerprint density at radius 3 is 2.68 bits per heavy atom. The van der Waals surface area contributed by atoms with Gasteiger partial charge in [0.25, 0.3) is 0 Å². The minimum absolute atomic E-state index is 0.0237. The van der Waals surface area contributed by atoms with Gasteiger partial charge in [-0.1, -0.05) is 11.6 Å². The van der Waals surface area contributed by atoms with E-state index >= 15 is 0 Å². The van der Waals surface area contributed by atoms with Crippen LogP contribution in [0, 0.1) is 0 Å². The van der Waals surface area contributed by atoms with Crippen LogP contribution in [0.2, 0.25) is 5.02 Å². The maximum atomic E-state index is 10.7. The van der Waals surface area contributed by atoms with Crippen LogP contribution in [-0.2, 0) is 0 Å². The van der Waals surface area contributed by atoms with E-state index in [9.17, 15) is 9.90 Å². The minimum Gasteiger partial charge on any atom is -0.478 e. The highest BCUT2D eigenvalue weighted by Crippen LogP contribution is 2.21. The summed E-state index contributed by atoms with van der Waals surface area (Å²) in [6, 6.07) is 1.32. The average molecular weight is 288 g/mol. The molecule has 0 saturated carbocycles. The highest BCUT2D eigenvalue weighted by molar-refractivity contribution is 6.33. The third-order valence-corrected chi connectivity index (χ3v) is 2.67. The van der Waals surface area contributed by atoms with Gasteiger partial charge in [-0.25, -0.2) is 9.78 Å². The Morgan fingerprint density at radius 2 is 2.21 bits per heavy atom. The first-order chi connectivity index (χ1) is 8.71. The van der Waals surface area contributed by atoms with E-state index in [-0.39, 0.29) is 17.1 Å². The summed E-state index contributed by atoms with van der Waals surface area (Å²) in [6.07, 6.45) is 1.22. The molecule has 0 amide bonds. The number of nitrogens with one attached hydrogen (secondary N) is 1. The normalized spacial score (nSPS) is 14.2. The van der Waals surface area contributed by atoms with Gasteiger partial charge in [0.2, 0.25) is 0 Å². The Hall–Kier alpha value is -1.37. The summed E-state index contributed by atoms with van der Waals surface area (Å²) >= 11 is 5.93. The van der Waals surface area contributed by atoms with Crippen LogP contribution in [0.4, 0.5) is 5.82 Å². The van der Waals surface area contributed by atoms with Gasteiger partial charge >= 0.3 is 5.97 Å². The predicted molar refractivity (Wildman–Crippen MR) is 73.9 cm³/mol. The topological polar surface area (TPSA) is 85.7 Å². The number of aliphatic hydroxyl groups is 1. The van der Waals surface area contributed by atoms with Crippen LogP contribution < -0.4 is 5.32 Å². The minimum atomic E-state index is -1.08. The molecule has 6 nitrogen and oxygen atoms in total. The van der Waals surface area contributed by atoms with Crippen molar-refractivity contribution in [2.75, 3.05) is 32.5 Å².